The molecule has 146 valence electrons. The van der Waals surface area contributed by atoms with E-state index in [1.807, 2.05) is 54.3 Å². The molecular formula is C20H23N5O3. The first-order chi connectivity index (χ1) is 13.7. The number of benzene rings is 1. The van der Waals surface area contributed by atoms with Crippen molar-refractivity contribution in [2.24, 2.45) is 7.05 Å². The number of hydrogen-bond acceptors (Lipinski definition) is 6. The lowest BCUT2D eigenvalue weighted by Gasteiger charge is -2.38. The number of fused-ring (bicyclic) bond motifs is 2. The van der Waals surface area contributed by atoms with E-state index >= 15 is 0 Å². The van der Waals surface area contributed by atoms with Crippen molar-refractivity contribution in [2.75, 3.05) is 6.61 Å². The quantitative estimate of drug-likeness (QED) is 0.688. The molecule has 0 aliphatic carbocycles. The summed E-state index contributed by atoms with van der Waals surface area (Å²) in [5, 5.41) is 19.0. The number of aromatic nitrogens is 4. The third-order valence-corrected chi connectivity index (χ3v) is 5.56. The predicted molar refractivity (Wildman–Crippen MR) is 101 cm³/mol. The van der Waals surface area contributed by atoms with Gasteiger partial charge in [0.25, 0.3) is 0 Å². The number of aryl methyl sites for hydroxylation is 1. The Morgan fingerprint density at radius 1 is 1.25 bits per heavy atom. The van der Waals surface area contributed by atoms with Crippen LogP contribution in [0.4, 0.5) is 0 Å². The highest BCUT2D eigenvalue weighted by Crippen LogP contribution is 2.36. The van der Waals surface area contributed by atoms with E-state index < -0.39 is 18.4 Å². The standard InChI is InChI=1S/C20H23N5O3/c1-24-8-7-21-16(24)10-22-17-15-12-27-20(28-15)18(19(17)26)25-11-14(9-23-25)13-5-3-2-4-6-13/h2-9,11,15,17-20,22,26H,10,12H2,1H3/t15-,17-,18-,19+,20-/m1/s1. The van der Waals surface area contributed by atoms with Gasteiger partial charge in [0.1, 0.15) is 18.0 Å². The summed E-state index contributed by atoms with van der Waals surface area (Å²) in [6, 6.07) is 9.35. The molecule has 0 unspecified atom stereocenters. The number of nitrogens with one attached hydrogen (secondary N) is 1. The van der Waals surface area contributed by atoms with Gasteiger partial charge >= 0.3 is 0 Å². The molecule has 2 saturated heterocycles. The van der Waals surface area contributed by atoms with E-state index in [0.717, 1.165) is 17.0 Å². The van der Waals surface area contributed by atoms with Gasteiger partial charge in [0.15, 0.2) is 6.29 Å². The Morgan fingerprint density at radius 2 is 2.11 bits per heavy atom. The summed E-state index contributed by atoms with van der Waals surface area (Å²) in [4.78, 5) is 4.33. The van der Waals surface area contributed by atoms with Crippen LogP contribution in [0.2, 0.25) is 0 Å². The van der Waals surface area contributed by atoms with Gasteiger partial charge in [-0.25, -0.2) is 4.98 Å². The van der Waals surface area contributed by atoms with Crippen LogP contribution in [0.1, 0.15) is 11.9 Å². The number of aliphatic hydroxyl groups is 1. The molecule has 0 spiro atoms. The first-order valence-electron chi connectivity index (χ1n) is 9.45. The van der Waals surface area contributed by atoms with Crippen molar-refractivity contribution in [3.05, 3.63) is 60.9 Å². The lowest BCUT2D eigenvalue weighted by Crippen LogP contribution is -2.57. The minimum atomic E-state index is -0.699. The average molecular weight is 381 g/mol. The average Bonchev–Trinajstić information content (AvgIpc) is 3.45. The Labute approximate surface area is 162 Å². The molecule has 2 aliphatic heterocycles. The number of nitrogens with zero attached hydrogens (tertiary/aromatic N) is 4. The molecule has 2 aliphatic rings. The molecule has 5 rings (SSSR count). The molecular weight excluding hydrogens is 358 g/mol. The van der Waals surface area contributed by atoms with E-state index in [9.17, 15) is 5.11 Å². The number of imidazole rings is 1. The Morgan fingerprint density at radius 3 is 2.89 bits per heavy atom. The van der Waals surface area contributed by atoms with Crippen LogP contribution >= 0.6 is 0 Å². The van der Waals surface area contributed by atoms with Crippen molar-refractivity contribution in [1.82, 2.24) is 24.6 Å². The fourth-order valence-corrected chi connectivity index (χ4v) is 3.99. The first kappa shape index (κ1) is 17.6. The van der Waals surface area contributed by atoms with Crippen LogP contribution in [0.15, 0.2) is 55.1 Å². The summed E-state index contributed by atoms with van der Waals surface area (Å²) in [5.74, 6) is 0.898. The third-order valence-electron chi connectivity index (χ3n) is 5.56. The van der Waals surface area contributed by atoms with E-state index in [1.165, 1.54) is 0 Å². The van der Waals surface area contributed by atoms with Crippen LogP contribution < -0.4 is 5.32 Å². The van der Waals surface area contributed by atoms with Gasteiger partial charge < -0.3 is 24.5 Å². The predicted octanol–water partition coefficient (Wildman–Crippen LogP) is 1.10. The van der Waals surface area contributed by atoms with E-state index in [0.29, 0.717) is 13.2 Å². The zero-order valence-corrected chi connectivity index (χ0v) is 15.5. The molecule has 2 fully saturated rings. The van der Waals surface area contributed by atoms with E-state index in [2.05, 4.69) is 15.4 Å². The Balaban J connectivity index is 1.37. The second kappa shape index (κ2) is 7.14. The maximum Gasteiger partial charge on any atom is 0.183 e. The maximum absolute atomic E-state index is 11.1. The normalized spacial score (nSPS) is 29.3. The summed E-state index contributed by atoms with van der Waals surface area (Å²) >= 11 is 0. The lowest BCUT2D eigenvalue weighted by atomic mass is 9.96. The van der Waals surface area contributed by atoms with Crippen molar-refractivity contribution in [3.8, 4) is 11.1 Å². The summed E-state index contributed by atoms with van der Waals surface area (Å²) in [5.41, 5.74) is 2.07. The minimum Gasteiger partial charge on any atom is -0.389 e. The number of aliphatic hydroxyl groups excluding tert-OH is 1. The molecule has 0 saturated carbocycles. The van der Waals surface area contributed by atoms with Crippen LogP contribution in [-0.4, -0.2) is 55.6 Å². The van der Waals surface area contributed by atoms with Gasteiger partial charge in [-0.05, 0) is 5.56 Å². The Hall–Kier alpha value is -2.52. The Kier molecular flexibility index (Phi) is 4.48. The van der Waals surface area contributed by atoms with Gasteiger partial charge in [0.2, 0.25) is 0 Å². The molecule has 3 aromatic rings. The molecule has 2 aromatic heterocycles. The highest BCUT2D eigenvalue weighted by molar-refractivity contribution is 5.61. The lowest BCUT2D eigenvalue weighted by molar-refractivity contribution is -0.168. The number of rotatable bonds is 5. The third kappa shape index (κ3) is 3.04. The molecule has 2 N–H and O–H groups in total. The fourth-order valence-electron chi connectivity index (χ4n) is 3.99. The molecule has 2 bridgehead atoms. The van der Waals surface area contributed by atoms with Crippen LogP contribution in [0.3, 0.4) is 0 Å². The van der Waals surface area contributed by atoms with Gasteiger partial charge in [-0.15, -0.1) is 0 Å². The van der Waals surface area contributed by atoms with Crippen molar-refractivity contribution < 1.29 is 14.6 Å². The smallest absolute Gasteiger partial charge is 0.183 e. The van der Waals surface area contributed by atoms with Crippen molar-refractivity contribution in [1.29, 1.82) is 0 Å². The van der Waals surface area contributed by atoms with Gasteiger partial charge in [-0.2, -0.15) is 5.10 Å². The Bertz CT molecular complexity index is 940. The minimum absolute atomic E-state index is 0.194. The molecule has 1 aromatic carbocycles. The molecule has 4 heterocycles. The van der Waals surface area contributed by atoms with Crippen molar-refractivity contribution in [2.45, 2.75) is 37.1 Å². The van der Waals surface area contributed by atoms with E-state index in [4.69, 9.17) is 9.47 Å². The number of ether oxygens (including phenoxy) is 2. The molecule has 0 radical (unpaired) electrons. The SMILES string of the molecule is Cn1ccnc1CN[C@H]1[C@H](O)[C@@H](n2cc(-c3ccccc3)cn2)[C@@H]2OC[C@H]1O2. The topological polar surface area (TPSA) is 86.4 Å². The molecule has 8 heteroatoms. The maximum atomic E-state index is 11.1. The van der Waals surface area contributed by atoms with Gasteiger partial charge in [-0.1, -0.05) is 30.3 Å². The highest BCUT2D eigenvalue weighted by Gasteiger charge is 2.51. The fraction of sp³-hybridized carbons (Fsp3) is 0.400. The number of hydrogen-bond donors (Lipinski definition) is 2. The van der Waals surface area contributed by atoms with Gasteiger partial charge in [-0.3, -0.25) is 4.68 Å². The van der Waals surface area contributed by atoms with Gasteiger partial charge in [0.05, 0.1) is 31.5 Å². The van der Waals surface area contributed by atoms with E-state index in [-0.39, 0.29) is 12.1 Å². The highest BCUT2D eigenvalue weighted by atomic mass is 16.7. The van der Waals surface area contributed by atoms with E-state index in [1.54, 1.807) is 17.1 Å². The van der Waals surface area contributed by atoms with Crippen molar-refractivity contribution >= 4 is 0 Å². The summed E-state index contributed by atoms with van der Waals surface area (Å²) in [6.07, 6.45) is 6.00. The van der Waals surface area contributed by atoms with Crippen LogP contribution in [0.25, 0.3) is 11.1 Å². The zero-order chi connectivity index (χ0) is 19.1. The summed E-state index contributed by atoms with van der Waals surface area (Å²) in [7, 11) is 1.95. The van der Waals surface area contributed by atoms with Crippen LogP contribution in [-0.2, 0) is 23.1 Å². The van der Waals surface area contributed by atoms with Crippen LogP contribution in [0, 0.1) is 0 Å². The largest absolute Gasteiger partial charge is 0.389 e. The van der Waals surface area contributed by atoms with Crippen molar-refractivity contribution in [3.63, 3.8) is 0 Å². The monoisotopic (exact) mass is 381 g/mol. The molecule has 8 nitrogen and oxygen atoms in total. The second-order valence-corrected chi connectivity index (χ2v) is 7.29. The molecule has 0 amide bonds. The first-order valence-corrected chi connectivity index (χ1v) is 9.45. The second-order valence-electron chi connectivity index (χ2n) is 7.29. The molecule has 5 atom stereocenters. The summed E-state index contributed by atoms with van der Waals surface area (Å²) in [6.45, 7) is 0.986. The van der Waals surface area contributed by atoms with Crippen LogP contribution in [0.5, 0.6) is 0 Å². The van der Waals surface area contributed by atoms with Gasteiger partial charge in [0, 0.05) is 31.2 Å². The zero-order valence-electron chi connectivity index (χ0n) is 15.5. The summed E-state index contributed by atoms with van der Waals surface area (Å²) < 4.78 is 15.6. The molecule has 28 heavy (non-hydrogen) atoms.